The summed E-state index contributed by atoms with van der Waals surface area (Å²) in [7, 11) is 1.34. The summed E-state index contributed by atoms with van der Waals surface area (Å²) in [5.41, 5.74) is 1.69. The zero-order valence-corrected chi connectivity index (χ0v) is 17.7. The van der Waals surface area contributed by atoms with Crippen LogP contribution in [-0.4, -0.2) is 43.6 Å². The van der Waals surface area contributed by atoms with Crippen LogP contribution >= 0.6 is 11.6 Å². The molecule has 1 heterocycles. The Morgan fingerprint density at radius 2 is 1.93 bits per heavy atom. The Balaban J connectivity index is 1.78. The van der Waals surface area contributed by atoms with Crippen molar-refractivity contribution < 1.29 is 23.8 Å². The van der Waals surface area contributed by atoms with Crippen LogP contribution in [0.4, 0.5) is 0 Å². The number of amides is 1. The first kappa shape index (κ1) is 21.7. The predicted molar refractivity (Wildman–Crippen MR) is 115 cm³/mol. The van der Waals surface area contributed by atoms with Crippen LogP contribution in [0.2, 0.25) is 5.02 Å². The fourth-order valence-electron chi connectivity index (χ4n) is 3.14. The molecule has 30 heavy (non-hydrogen) atoms. The number of ether oxygens (including phenoxy) is 3. The molecular weight excluding hydrogens is 406 g/mol. The lowest BCUT2D eigenvalue weighted by atomic mass is 10.1. The van der Waals surface area contributed by atoms with Crippen LogP contribution in [-0.2, 0) is 20.9 Å². The van der Waals surface area contributed by atoms with E-state index in [2.05, 4.69) is 0 Å². The standard InChI is InChI=1S/C23H24ClNO5/c1-16(23(27)28-2)14-25(15-17-6-4-3-5-7-17)21(26)9-8-18-12-19(24)22-20(13-18)29-10-11-30-22/h3-9,12-13,16H,10-11,14-15H2,1-2H3/b9-8-/t16-/m1/s1. The van der Waals surface area contributed by atoms with Crippen LogP contribution in [0, 0.1) is 5.92 Å². The van der Waals surface area contributed by atoms with Gasteiger partial charge in [-0.1, -0.05) is 48.9 Å². The van der Waals surface area contributed by atoms with Gasteiger partial charge in [-0.25, -0.2) is 0 Å². The topological polar surface area (TPSA) is 65.1 Å². The lowest BCUT2D eigenvalue weighted by Crippen LogP contribution is -2.35. The highest BCUT2D eigenvalue weighted by Gasteiger charge is 2.21. The van der Waals surface area contributed by atoms with Gasteiger partial charge < -0.3 is 19.1 Å². The van der Waals surface area contributed by atoms with Crippen molar-refractivity contribution in [2.24, 2.45) is 5.92 Å². The molecule has 1 aliphatic rings. The molecule has 0 radical (unpaired) electrons. The molecule has 0 N–H and O–H groups in total. The maximum atomic E-state index is 12.9. The van der Waals surface area contributed by atoms with Crippen LogP contribution in [0.15, 0.2) is 48.5 Å². The highest BCUT2D eigenvalue weighted by atomic mass is 35.5. The van der Waals surface area contributed by atoms with Gasteiger partial charge in [0.1, 0.15) is 13.2 Å². The van der Waals surface area contributed by atoms with Crippen molar-refractivity contribution in [3.05, 3.63) is 64.7 Å². The number of fused-ring (bicyclic) bond motifs is 1. The van der Waals surface area contributed by atoms with E-state index >= 15 is 0 Å². The first-order valence-corrected chi connectivity index (χ1v) is 10.0. The van der Waals surface area contributed by atoms with Crippen molar-refractivity contribution in [1.29, 1.82) is 0 Å². The molecule has 2 aromatic rings. The van der Waals surface area contributed by atoms with E-state index in [1.54, 1.807) is 30.0 Å². The summed E-state index contributed by atoms with van der Waals surface area (Å²) < 4.78 is 15.9. The third-order valence-corrected chi connectivity index (χ3v) is 4.94. The number of carbonyl (C=O) groups excluding carboxylic acids is 2. The molecule has 0 bridgehead atoms. The first-order chi connectivity index (χ1) is 14.5. The molecule has 2 aromatic carbocycles. The number of esters is 1. The zero-order valence-electron chi connectivity index (χ0n) is 17.0. The second kappa shape index (κ2) is 10.2. The lowest BCUT2D eigenvalue weighted by molar-refractivity contribution is -0.146. The predicted octanol–water partition coefficient (Wildman–Crippen LogP) is 3.96. The number of hydrogen-bond donors (Lipinski definition) is 0. The molecule has 3 rings (SSSR count). The van der Waals surface area contributed by atoms with Crippen LogP contribution in [0.5, 0.6) is 11.5 Å². The van der Waals surface area contributed by atoms with Gasteiger partial charge >= 0.3 is 5.97 Å². The number of rotatable bonds is 7. The van der Waals surface area contributed by atoms with Gasteiger partial charge in [0.25, 0.3) is 0 Å². The number of methoxy groups -OCH3 is 1. The molecule has 0 saturated heterocycles. The van der Waals surface area contributed by atoms with Crippen molar-refractivity contribution in [3.63, 3.8) is 0 Å². The molecule has 1 aliphatic heterocycles. The third-order valence-electron chi connectivity index (χ3n) is 4.66. The van der Waals surface area contributed by atoms with E-state index in [4.69, 9.17) is 25.8 Å². The van der Waals surface area contributed by atoms with Gasteiger partial charge in [0.15, 0.2) is 11.5 Å². The van der Waals surface area contributed by atoms with Crippen molar-refractivity contribution >= 4 is 29.6 Å². The Bertz CT molecular complexity index is 929. The summed E-state index contributed by atoms with van der Waals surface area (Å²) in [5.74, 6) is 0.0502. The Morgan fingerprint density at radius 3 is 2.67 bits per heavy atom. The van der Waals surface area contributed by atoms with Gasteiger partial charge in [0.05, 0.1) is 18.1 Å². The fraction of sp³-hybridized carbons (Fsp3) is 0.304. The summed E-state index contributed by atoms with van der Waals surface area (Å²) >= 11 is 6.27. The second-order valence-corrected chi connectivity index (χ2v) is 7.40. The Morgan fingerprint density at radius 1 is 1.20 bits per heavy atom. The van der Waals surface area contributed by atoms with E-state index in [1.807, 2.05) is 30.3 Å². The van der Waals surface area contributed by atoms with E-state index in [1.165, 1.54) is 13.2 Å². The number of benzene rings is 2. The molecule has 0 fully saturated rings. The molecule has 1 amide bonds. The maximum absolute atomic E-state index is 12.9. The molecule has 7 heteroatoms. The van der Waals surface area contributed by atoms with Crippen molar-refractivity contribution in [1.82, 2.24) is 4.90 Å². The quantitative estimate of drug-likeness (QED) is 0.492. The minimum atomic E-state index is -0.445. The van der Waals surface area contributed by atoms with E-state index in [0.29, 0.717) is 36.3 Å². The molecular formula is C23H24ClNO5. The minimum absolute atomic E-state index is 0.222. The summed E-state index contributed by atoms with van der Waals surface area (Å²) in [6.45, 7) is 3.26. The van der Waals surface area contributed by atoms with Crippen molar-refractivity contribution in [2.75, 3.05) is 26.9 Å². The number of carbonyl (C=O) groups is 2. The van der Waals surface area contributed by atoms with Crippen molar-refractivity contribution in [3.8, 4) is 11.5 Å². The van der Waals surface area contributed by atoms with Crippen LogP contribution < -0.4 is 9.47 Å². The highest BCUT2D eigenvalue weighted by molar-refractivity contribution is 6.32. The number of halogens is 1. The molecule has 0 aromatic heterocycles. The summed E-state index contributed by atoms with van der Waals surface area (Å²) in [5, 5.41) is 0.430. The van der Waals surface area contributed by atoms with Crippen LogP contribution in [0.25, 0.3) is 6.08 Å². The summed E-state index contributed by atoms with van der Waals surface area (Å²) in [6, 6.07) is 13.1. The van der Waals surface area contributed by atoms with Gasteiger partial charge in [-0.05, 0) is 29.3 Å². The van der Waals surface area contributed by atoms with E-state index in [-0.39, 0.29) is 18.4 Å². The first-order valence-electron chi connectivity index (χ1n) is 9.66. The molecule has 0 unspecified atom stereocenters. The lowest BCUT2D eigenvalue weighted by Gasteiger charge is -2.24. The minimum Gasteiger partial charge on any atom is -0.486 e. The van der Waals surface area contributed by atoms with Crippen molar-refractivity contribution in [2.45, 2.75) is 13.5 Å². The normalized spacial score (nSPS) is 13.7. The fourth-order valence-corrected chi connectivity index (χ4v) is 3.42. The second-order valence-electron chi connectivity index (χ2n) is 6.99. The molecule has 6 nitrogen and oxygen atoms in total. The average molecular weight is 430 g/mol. The SMILES string of the molecule is COC(=O)[C@H](C)CN(Cc1ccccc1)C(=O)/C=C\c1cc(Cl)c2c(c1)OCCO2. The van der Waals surface area contributed by atoms with Gasteiger partial charge in [0, 0.05) is 19.2 Å². The molecule has 0 aliphatic carbocycles. The summed E-state index contributed by atoms with van der Waals surface area (Å²) in [4.78, 5) is 26.4. The monoisotopic (exact) mass is 429 g/mol. The Hall–Kier alpha value is -2.99. The summed E-state index contributed by atoms with van der Waals surface area (Å²) in [6.07, 6.45) is 3.14. The smallest absolute Gasteiger partial charge is 0.310 e. The maximum Gasteiger partial charge on any atom is 0.310 e. The zero-order chi connectivity index (χ0) is 21.5. The van der Waals surface area contributed by atoms with Gasteiger partial charge in [-0.15, -0.1) is 0 Å². The Labute approximate surface area is 181 Å². The van der Waals surface area contributed by atoms with Gasteiger partial charge in [-0.3, -0.25) is 9.59 Å². The van der Waals surface area contributed by atoms with Gasteiger partial charge in [0.2, 0.25) is 5.91 Å². The largest absolute Gasteiger partial charge is 0.486 e. The van der Waals surface area contributed by atoms with E-state index in [0.717, 1.165) is 11.1 Å². The molecule has 158 valence electrons. The molecule has 0 spiro atoms. The van der Waals surface area contributed by atoms with Gasteiger partial charge in [-0.2, -0.15) is 0 Å². The number of hydrogen-bond acceptors (Lipinski definition) is 5. The molecule has 0 saturated carbocycles. The van der Waals surface area contributed by atoms with E-state index in [9.17, 15) is 9.59 Å². The van der Waals surface area contributed by atoms with Crippen LogP contribution in [0.1, 0.15) is 18.1 Å². The third kappa shape index (κ3) is 5.54. The van der Waals surface area contributed by atoms with Crippen LogP contribution in [0.3, 0.4) is 0 Å². The van der Waals surface area contributed by atoms with E-state index < -0.39 is 5.92 Å². The highest BCUT2D eigenvalue weighted by Crippen LogP contribution is 2.38. The molecule has 1 atom stereocenters. The average Bonchev–Trinajstić information content (AvgIpc) is 2.77. The number of nitrogens with zero attached hydrogens (tertiary/aromatic N) is 1. The Kier molecular flexibility index (Phi) is 7.36.